The first-order valence-corrected chi connectivity index (χ1v) is 6.93. The van der Waals surface area contributed by atoms with Gasteiger partial charge in [-0.1, -0.05) is 28.9 Å². The SMILES string of the molecule is Cc1cc(N(C)Cc2ccc(Cl)cc2)ccc1/C(N)=N/O. The Bertz CT molecular complexity index is 653. The molecule has 0 unspecified atom stereocenters. The fraction of sp³-hybridized carbons (Fsp3) is 0.188. The lowest BCUT2D eigenvalue weighted by Crippen LogP contribution is -2.18. The number of nitrogens with zero attached hydrogens (tertiary/aromatic N) is 2. The minimum atomic E-state index is 0.124. The minimum Gasteiger partial charge on any atom is -0.409 e. The van der Waals surface area contributed by atoms with Crippen LogP contribution in [0, 0.1) is 6.92 Å². The summed E-state index contributed by atoms with van der Waals surface area (Å²) >= 11 is 5.89. The number of halogens is 1. The Morgan fingerprint density at radius 2 is 1.90 bits per heavy atom. The van der Waals surface area contributed by atoms with E-state index >= 15 is 0 Å². The first-order valence-electron chi connectivity index (χ1n) is 6.55. The zero-order chi connectivity index (χ0) is 15.4. The maximum atomic E-state index is 8.75. The molecule has 5 heteroatoms. The third kappa shape index (κ3) is 3.67. The van der Waals surface area contributed by atoms with Gasteiger partial charge in [0.05, 0.1) is 0 Å². The summed E-state index contributed by atoms with van der Waals surface area (Å²) in [6.45, 7) is 2.71. The largest absolute Gasteiger partial charge is 0.409 e. The standard InChI is InChI=1S/C16H18ClN3O/c1-11-9-14(7-8-15(11)16(18)19-21)20(2)10-12-3-5-13(17)6-4-12/h3-9,21H,10H2,1-2H3,(H2,18,19). The van der Waals surface area contributed by atoms with E-state index in [0.717, 1.165) is 28.4 Å². The van der Waals surface area contributed by atoms with Crippen molar-refractivity contribution in [2.24, 2.45) is 10.9 Å². The second-order valence-corrected chi connectivity index (χ2v) is 5.40. The molecular weight excluding hydrogens is 286 g/mol. The van der Waals surface area contributed by atoms with Gasteiger partial charge in [-0.25, -0.2) is 0 Å². The molecule has 0 radical (unpaired) electrons. The van der Waals surface area contributed by atoms with Crippen molar-refractivity contribution in [3.8, 4) is 0 Å². The molecule has 0 aliphatic heterocycles. The zero-order valence-electron chi connectivity index (χ0n) is 12.0. The summed E-state index contributed by atoms with van der Waals surface area (Å²) in [7, 11) is 2.02. The monoisotopic (exact) mass is 303 g/mol. The van der Waals surface area contributed by atoms with Crippen LogP contribution in [0.5, 0.6) is 0 Å². The van der Waals surface area contributed by atoms with Crippen LogP contribution < -0.4 is 10.6 Å². The smallest absolute Gasteiger partial charge is 0.170 e. The van der Waals surface area contributed by atoms with E-state index < -0.39 is 0 Å². The van der Waals surface area contributed by atoms with Crippen molar-refractivity contribution in [3.05, 3.63) is 64.2 Å². The van der Waals surface area contributed by atoms with Crippen LogP contribution in [-0.2, 0) is 6.54 Å². The summed E-state index contributed by atoms with van der Waals surface area (Å²) in [4.78, 5) is 2.13. The number of hydrogen-bond donors (Lipinski definition) is 2. The number of aryl methyl sites for hydroxylation is 1. The van der Waals surface area contributed by atoms with Gasteiger partial charge in [-0.15, -0.1) is 0 Å². The van der Waals surface area contributed by atoms with Crippen molar-refractivity contribution in [2.45, 2.75) is 13.5 Å². The lowest BCUT2D eigenvalue weighted by Gasteiger charge is -2.20. The van der Waals surface area contributed by atoms with Gasteiger partial charge in [-0.05, 0) is 48.4 Å². The molecule has 0 spiro atoms. The molecule has 0 saturated carbocycles. The Kier molecular flexibility index (Phi) is 4.70. The van der Waals surface area contributed by atoms with Crippen molar-refractivity contribution in [1.82, 2.24) is 0 Å². The normalized spacial score (nSPS) is 11.5. The molecule has 4 nitrogen and oxygen atoms in total. The van der Waals surface area contributed by atoms with Crippen LogP contribution in [-0.4, -0.2) is 18.1 Å². The molecule has 2 aromatic rings. The van der Waals surface area contributed by atoms with Gasteiger partial charge in [0, 0.05) is 29.9 Å². The lowest BCUT2D eigenvalue weighted by atomic mass is 10.1. The Labute approximate surface area is 129 Å². The molecule has 0 heterocycles. The summed E-state index contributed by atoms with van der Waals surface area (Å²) in [5.74, 6) is 0.124. The van der Waals surface area contributed by atoms with E-state index in [9.17, 15) is 0 Å². The van der Waals surface area contributed by atoms with Gasteiger partial charge < -0.3 is 15.8 Å². The summed E-state index contributed by atoms with van der Waals surface area (Å²) < 4.78 is 0. The predicted octanol–water partition coefficient (Wildman–Crippen LogP) is 3.38. The van der Waals surface area contributed by atoms with Crippen LogP contribution >= 0.6 is 11.6 Å². The van der Waals surface area contributed by atoms with Gasteiger partial charge in [-0.2, -0.15) is 0 Å². The second kappa shape index (κ2) is 6.50. The highest BCUT2D eigenvalue weighted by atomic mass is 35.5. The topological polar surface area (TPSA) is 61.8 Å². The third-order valence-corrected chi connectivity index (χ3v) is 3.62. The van der Waals surface area contributed by atoms with Gasteiger partial charge in [0.25, 0.3) is 0 Å². The van der Waals surface area contributed by atoms with E-state index in [1.807, 2.05) is 56.4 Å². The molecule has 21 heavy (non-hydrogen) atoms. The van der Waals surface area contributed by atoms with E-state index in [4.69, 9.17) is 22.5 Å². The van der Waals surface area contributed by atoms with Crippen LogP contribution in [0.4, 0.5) is 5.69 Å². The maximum absolute atomic E-state index is 8.75. The average molecular weight is 304 g/mol. The average Bonchev–Trinajstić information content (AvgIpc) is 2.48. The highest BCUT2D eigenvalue weighted by Gasteiger charge is 2.08. The van der Waals surface area contributed by atoms with E-state index in [1.165, 1.54) is 5.56 Å². The molecule has 0 aliphatic carbocycles. The van der Waals surface area contributed by atoms with Crippen LogP contribution in [0.2, 0.25) is 5.02 Å². The summed E-state index contributed by atoms with van der Waals surface area (Å²) in [5, 5.41) is 12.5. The van der Waals surface area contributed by atoms with Crippen LogP contribution in [0.25, 0.3) is 0 Å². The Hall–Kier alpha value is -2.20. The molecule has 3 N–H and O–H groups in total. The molecule has 110 valence electrons. The Morgan fingerprint density at radius 1 is 1.24 bits per heavy atom. The zero-order valence-corrected chi connectivity index (χ0v) is 12.8. The van der Waals surface area contributed by atoms with Gasteiger partial charge in [0.2, 0.25) is 0 Å². The molecule has 0 bridgehead atoms. The van der Waals surface area contributed by atoms with Crippen molar-refractivity contribution in [2.75, 3.05) is 11.9 Å². The van der Waals surface area contributed by atoms with E-state index in [-0.39, 0.29) is 5.84 Å². The number of amidine groups is 1. The number of benzene rings is 2. The molecule has 2 rings (SSSR count). The minimum absolute atomic E-state index is 0.124. The summed E-state index contributed by atoms with van der Waals surface area (Å²) in [6.07, 6.45) is 0. The maximum Gasteiger partial charge on any atom is 0.170 e. The quantitative estimate of drug-likeness (QED) is 0.394. The number of rotatable bonds is 4. The fourth-order valence-electron chi connectivity index (χ4n) is 2.18. The summed E-state index contributed by atoms with van der Waals surface area (Å²) in [5.41, 5.74) is 9.58. The van der Waals surface area contributed by atoms with Crippen molar-refractivity contribution in [1.29, 1.82) is 0 Å². The predicted molar refractivity (Wildman–Crippen MR) is 87.2 cm³/mol. The van der Waals surface area contributed by atoms with Crippen molar-refractivity contribution < 1.29 is 5.21 Å². The van der Waals surface area contributed by atoms with Crippen LogP contribution in [0.15, 0.2) is 47.6 Å². The number of anilines is 1. The molecule has 0 aromatic heterocycles. The highest BCUT2D eigenvalue weighted by Crippen LogP contribution is 2.20. The van der Waals surface area contributed by atoms with E-state index in [1.54, 1.807) is 0 Å². The lowest BCUT2D eigenvalue weighted by molar-refractivity contribution is 0.318. The Morgan fingerprint density at radius 3 is 2.48 bits per heavy atom. The van der Waals surface area contributed by atoms with Crippen LogP contribution in [0.3, 0.4) is 0 Å². The number of oxime groups is 1. The van der Waals surface area contributed by atoms with Crippen molar-refractivity contribution >= 4 is 23.1 Å². The van der Waals surface area contributed by atoms with Crippen LogP contribution in [0.1, 0.15) is 16.7 Å². The Balaban J connectivity index is 2.18. The second-order valence-electron chi connectivity index (χ2n) is 4.97. The van der Waals surface area contributed by atoms with Gasteiger partial charge in [-0.3, -0.25) is 0 Å². The molecule has 0 atom stereocenters. The number of nitrogens with two attached hydrogens (primary N) is 1. The van der Waals surface area contributed by atoms with Gasteiger partial charge in [0.1, 0.15) is 0 Å². The first kappa shape index (κ1) is 15.2. The van der Waals surface area contributed by atoms with E-state index in [2.05, 4.69) is 10.1 Å². The third-order valence-electron chi connectivity index (χ3n) is 3.37. The first-order chi connectivity index (χ1) is 10.0. The molecule has 0 aliphatic rings. The molecule has 0 amide bonds. The molecular formula is C16H18ClN3O. The number of hydrogen-bond acceptors (Lipinski definition) is 3. The molecule has 0 fully saturated rings. The highest BCUT2D eigenvalue weighted by molar-refractivity contribution is 6.30. The van der Waals surface area contributed by atoms with Gasteiger partial charge >= 0.3 is 0 Å². The van der Waals surface area contributed by atoms with Crippen molar-refractivity contribution in [3.63, 3.8) is 0 Å². The fourth-order valence-corrected chi connectivity index (χ4v) is 2.31. The van der Waals surface area contributed by atoms with Gasteiger partial charge in [0.15, 0.2) is 5.84 Å². The molecule has 2 aromatic carbocycles. The molecule has 0 saturated heterocycles. The summed E-state index contributed by atoms with van der Waals surface area (Å²) in [6, 6.07) is 13.6. The van der Waals surface area contributed by atoms with E-state index in [0.29, 0.717) is 0 Å².